The molecule has 0 saturated heterocycles. The minimum Gasteiger partial charge on any atom is -0.330 e. The van der Waals surface area contributed by atoms with Gasteiger partial charge in [0.1, 0.15) is 18.4 Å². The third-order valence-corrected chi connectivity index (χ3v) is 3.16. The van der Waals surface area contributed by atoms with Gasteiger partial charge in [0.15, 0.2) is 0 Å². The summed E-state index contributed by atoms with van der Waals surface area (Å²) in [5.74, 6) is -0.748. The molecule has 5 heteroatoms. The zero-order chi connectivity index (χ0) is 14.1. The first kappa shape index (κ1) is 12.2. The zero-order valence-corrected chi connectivity index (χ0v) is 10.4. The van der Waals surface area contributed by atoms with Crippen LogP contribution in [0.5, 0.6) is 0 Å². The lowest BCUT2D eigenvalue weighted by Gasteiger charge is -2.30. The number of amides is 1. The highest BCUT2D eigenvalue weighted by molar-refractivity contribution is 6.03. The highest BCUT2D eigenvalue weighted by Crippen LogP contribution is 2.35. The van der Waals surface area contributed by atoms with Crippen molar-refractivity contribution < 1.29 is 9.18 Å². The van der Waals surface area contributed by atoms with Crippen LogP contribution in [-0.4, -0.2) is 12.5 Å². The second kappa shape index (κ2) is 4.67. The van der Waals surface area contributed by atoms with E-state index in [0.717, 1.165) is 5.69 Å². The van der Waals surface area contributed by atoms with Gasteiger partial charge < -0.3 is 10.2 Å². The number of hydrogen-bond acceptors (Lipinski definition) is 3. The maximum atomic E-state index is 13.7. The molecule has 0 bridgehead atoms. The molecule has 0 aliphatic carbocycles. The summed E-state index contributed by atoms with van der Waals surface area (Å²) in [7, 11) is 0. The van der Waals surface area contributed by atoms with Crippen molar-refractivity contribution in [3.63, 3.8) is 0 Å². The van der Waals surface area contributed by atoms with E-state index in [-0.39, 0.29) is 18.0 Å². The minimum absolute atomic E-state index is 0.0107. The van der Waals surface area contributed by atoms with Gasteiger partial charge >= 0.3 is 0 Å². The fourth-order valence-corrected chi connectivity index (χ4v) is 2.23. The van der Waals surface area contributed by atoms with Crippen LogP contribution in [0.1, 0.15) is 5.56 Å². The van der Waals surface area contributed by atoms with E-state index in [9.17, 15) is 9.18 Å². The van der Waals surface area contributed by atoms with Crippen molar-refractivity contribution in [3.8, 4) is 6.07 Å². The molecule has 1 N–H and O–H groups in total. The normalized spacial score (nSPS) is 13.4. The van der Waals surface area contributed by atoms with Crippen LogP contribution in [0.15, 0.2) is 42.5 Å². The van der Waals surface area contributed by atoms with Crippen molar-refractivity contribution in [1.29, 1.82) is 5.26 Å². The highest BCUT2D eigenvalue weighted by Gasteiger charge is 2.23. The molecule has 20 heavy (non-hydrogen) atoms. The van der Waals surface area contributed by atoms with Gasteiger partial charge in [-0.15, -0.1) is 0 Å². The molecule has 0 radical (unpaired) electrons. The summed E-state index contributed by atoms with van der Waals surface area (Å²) in [5, 5.41) is 11.5. The smallest absolute Gasteiger partial charge is 0.244 e. The summed E-state index contributed by atoms with van der Waals surface area (Å²) in [5.41, 5.74) is 2.03. The second-order valence-electron chi connectivity index (χ2n) is 4.43. The fourth-order valence-electron chi connectivity index (χ4n) is 2.23. The van der Waals surface area contributed by atoms with Gasteiger partial charge in [0.2, 0.25) is 5.91 Å². The van der Waals surface area contributed by atoms with E-state index in [2.05, 4.69) is 5.32 Å². The Morgan fingerprint density at radius 3 is 2.80 bits per heavy atom. The lowest BCUT2D eigenvalue weighted by Crippen LogP contribution is -2.35. The molecule has 1 aliphatic rings. The number of benzene rings is 2. The molecule has 0 spiro atoms. The maximum Gasteiger partial charge on any atom is 0.244 e. The second-order valence-corrected chi connectivity index (χ2v) is 4.43. The number of nitrogens with one attached hydrogen (secondary N) is 1. The molecule has 1 heterocycles. The van der Waals surface area contributed by atoms with Gasteiger partial charge in [-0.25, -0.2) is 4.39 Å². The fraction of sp³-hybridized carbons (Fsp3) is 0.0667. The van der Waals surface area contributed by atoms with E-state index in [0.29, 0.717) is 11.4 Å². The summed E-state index contributed by atoms with van der Waals surface area (Å²) in [6.45, 7) is 0.113. The number of carbonyl (C=O) groups excluding carboxylic acids is 1. The van der Waals surface area contributed by atoms with Crippen LogP contribution in [0, 0.1) is 17.1 Å². The Hall–Kier alpha value is -2.87. The summed E-state index contributed by atoms with van der Waals surface area (Å²) in [6, 6.07) is 13.4. The van der Waals surface area contributed by atoms with Gasteiger partial charge in [0.25, 0.3) is 0 Å². The molecule has 3 rings (SSSR count). The summed E-state index contributed by atoms with van der Waals surface area (Å²) < 4.78 is 13.7. The molecule has 0 unspecified atom stereocenters. The van der Waals surface area contributed by atoms with E-state index in [1.54, 1.807) is 23.1 Å². The number of rotatable bonds is 1. The Balaban J connectivity index is 2.09. The van der Waals surface area contributed by atoms with Crippen molar-refractivity contribution >= 4 is 23.0 Å². The number of para-hydroxylation sites is 2. The molecule has 2 aromatic carbocycles. The van der Waals surface area contributed by atoms with Crippen LogP contribution in [0.3, 0.4) is 0 Å². The monoisotopic (exact) mass is 267 g/mol. The number of anilines is 3. The molecule has 0 saturated carbocycles. The maximum absolute atomic E-state index is 13.7. The van der Waals surface area contributed by atoms with E-state index in [1.165, 1.54) is 12.1 Å². The van der Waals surface area contributed by atoms with Crippen LogP contribution in [-0.2, 0) is 4.79 Å². The predicted molar refractivity (Wildman–Crippen MR) is 73.2 cm³/mol. The molecule has 0 atom stereocenters. The Labute approximate surface area is 115 Å². The first-order valence-electron chi connectivity index (χ1n) is 6.05. The molecule has 0 aromatic heterocycles. The molecule has 2 aromatic rings. The first-order valence-corrected chi connectivity index (χ1v) is 6.05. The van der Waals surface area contributed by atoms with Crippen molar-refractivity contribution in [2.45, 2.75) is 0 Å². The van der Waals surface area contributed by atoms with E-state index in [1.807, 2.05) is 18.2 Å². The largest absolute Gasteiger partial charge is 0.330 e. The van der Waals surface area contributed by atoms with Crippen molar-refractivity contribution in [1.82, 2.24) is 0 Å². The van der Waals surface area contributed by atoms with Gasteiger partial charge in [-0.3, -0.25) is 4.79 Å². The lowest BCUT2D eigenvalue weighted by atomic mass is 10.1. The van der Waals surface area contributed by atoms with Crippen LogP contribution in [0.4, 0.5) is 21.5 Å². The molecule has 98 valence electrons. The topological polar surface area (TPSA) is 56.1 Å². The van der Waals surface area contributed by atoms with Crippen molar-refractivity contribution in [3.05, 3.63) is 53.8 Å². The third-order valence-electron chi connectivity index (χ3n) is 3.16. The Bertz CT molecular complexity index is 736. The number of halogens is 1. The summed E-state index contributed by atoms with van der Waals surface area (Å²) in [4.78, 5) is 13.4. The summed E-state index contributed by atoms with van der Waals surface area (Å²) >= 11 is 0. The molecule has 1 aliphatic heterocycles. The summed E-state index contributed by atoms with van der Waals surface area (Å²) in [6.07, 6.45) is 0. The van der Waals surface area contributed by atoms with Gasteiger partial charge in [-0.05, 0) is 30.3 Å². The average molecular weight is 267 g/mol. The molecule has 1 amide bonds. The lowest BCUT2D eigenvalue weighted by molar-refractivity contribution is -0.115. The van der Waals surface area contributed by atoms with E-state index in [4.69, 9.17) is 5.26 Å². The molecule has 4 nitrogen and oxygen atoms in total. The highest BCUT2D eigenvalue weighted by atomic mass is 19.1. The van der Waals surface area contributed by atoms with Crippen LogP contribution in [0.2, 0.25) is 0 Å². The standard InChI is InChI=1S/C15H10FN3O/c16-12-7-11(6-5-10(12)8-17)19-9-15(20)18-13-3-1-2-4-14(13)19/h1-7H,9H2,(H,18,20). The van der Waals surface area contributed by atoms with Crippen LogP contribution < -0.4 is 10.2 Å². The number of nitrogens with zero attached hydrogens (tertiary/aromatic N) is 2. The van der Waals surface area contributed by atoms with E-state index < -0.39 is 5.82 Å². The molecular weight excluding hydrogens is 257 g/mol. The Kier molecular flexibility index (Phi) is 2.84. The number of hydrogen-bond donors (Lipinski definition) is 1. The molecular formula is C15H10FN3O. The predicted octanol–water partition coefficient (Wildman–Crippen LogP) is 2.79. The molecule has 0 fully saturated rings. The van der Waals surface area contributed by atoms with E-state index >= 15 is 0 Å². The quantitative estimate of drug-likeness (QED) is 0.864. The van der Waals surface area contributed by atoms with Gasteiger partial charge in [0.05, 0.1) is 16.9 Å². The first-order chi connectivity index (χ1) is 9.69. The van der Waals surface area contributed by atoms with Crippen molar-refractivity contribution in [2.24, 2.45) is 0 Å². The van der Waals surface area contributed by atoms with Crippen molar-refractivity contribution in [2.75, 3.05) is 16.8 Å². The Morgan fingerprint density at radius 1 is 1.25 bits per heavy atom. The minimum atomic E-state index is -0.589. The SMILES string of the molecule is N#Cc1ccc(N2CC(=O)Nc3ccccc32)cc1F. The number of fused-ring (bicyclic) bond motifs is 1. The van der Waals surface area contributed by atoms with Gasteiger partial charge in [0, 0.05) is 5.69 Å². The van der Waals surface area contributed by atoms with Crippen LogP contribution >= 0.6 is 0 Å². The van der Waals surface area contributed by atoms with Gasteiger partial charge in [-0.1, -0.05) is 12.1 Å². The van der Waals surface area contributed by atoms with Gasteiger partial charge in [-0.2, -0.15) is 5.26 Å². The third kappa shape index (κ3) is 1.97. The average Bonchev–Trinajstić information content (AvgIpc) is 2.46. The number of nitriles is 1. The number of carbonyl (C=O) groups is 1. The zero-order valence-electron chi connectivity index (χ0n) is 10.4. The Morgan fingerprint density at radius 2 is 2.05 bits per heavy atom. The van der Waals surface area contributed by atoms with Crippen LogP contribution in [0.25, 0.3) is 0 Å².